The molecule has 0 aliphatic heterocycles. The van der Waals surface area contributed by atoms with Crippen molar-refractivity contribution in [1.82, 2.24) is 4.98 Å². The number of nitrogens with zero attached hydrogens (tertiary/aromatic N) is 1. The summed E-state index contributed by atoms with van der Waals surface area (Å²) in [6.07, 6.45) is 1.44. The molecule has 1 aromatic heterocycles. The van der Waals surface area contributed by atoms with E-state index in [4.69, 9.17) is 4.74 Å². The highest BCUT2D eigenvalue weighted by molar-refractivity contribution is 6.04. The molecule has 3 rings (SSSR count). The molecule has 0 bridgehead atoms. The van der Waals surface area contributed by atoms with Gasteiger partial charge in [0.05, 0.1) is 11.7 Å². The Labute approximate surface area is 115 Å². The van der Waals surface area contributed by atoms with Crippen LogP contribution in [0, 0.1) is 0 Å². The average molecular weight is 265 g/mol. The zero-order valence-corrected chi connectivity index (χ0v) is 10.5. The minimum Gasteiger partial charge on any atom is -0.478 e. The van der Waals surface area contributed by atoms with Crippen LogP contribution in [0.1, 0.15) is 10.4 Å². The number of hydrogen-bond acceptors (Lipinski definition) is 3. The van der Waals surface area contributed by atoms with Gasteiger partial charge in [-0.1, -0.05) is 36.4 Å². The predicted molar refractivity (Wildman–Crippen MR) is 75.2 cm³/mol. The number of para-hydroxylation sites is 2. The first kappa shape index (κ1) is 12.2. The van der Waals surface area contributed by atoms with Crippen LogP contribution in [0.15, 0.2) is 60.8 Å². The summed E-state index contributed by atoms with van der Waals surface area (Å²) >= 11 is 0. The maximum atomic E-state index is 11.5. The maximum absolute atomic E-state index is 11.5. The number of aromatic carboxylic acids is 1. The van der Waals surface area contributed by atoms with Crippen LogP contribution in [0.25, 0.3) is 10.9 Å². The number of benzene rings is 2. The summed E-state index contributed by atoms with van der Waals surface area (Å²) in [5.74, 6) is -0.219. The molecule has 0 amide bonds. The number of pyridine rings is 1. The van der Waals surface area contributed by atoms with E-state index < -0.39 is 5.97 Å². The molecule has 0 saturated carbocycles. The predicted octanol–water partition coefficient (Wildman–Crippen LogP) is 3.73. The molecule has 20 heavy (non-hydrogen) atoms. The van der Waals surface area contributed by atoms with Crippen molar-refractivity contribution in [2.24, 2.45) is 0 Å². The van der Waals surface area contributed by atoms with Crippen LogP contribution in [-0.4, -0.2) is 16.1 Å². The second kappa shape index (κ2) is 5.01. The molecule has 1 heterocycles. The summed E-state index contributed by atoms with van der Waals surface area (Å²) in [6, 6.07) is 16.1. The van der Waals surface area contributed by atoms with Crippen molar-refractivity contribution in [1.29, 1.82) is 0 Å². The van der Waals surface area contributed by atoms with Crippen LogP contribution in [0.4, 0.5) is 0 Å². The molecule has 4 heteroatoms. The summed E-state index contributed by atoms with van der Waals surface area (Å²) < 4.78 is 5.64. The number of aromatic nitrogens is 1. The van der Waals surface area contributed by atoms with Crippen LogP contribution in [0.3, 0.4) is 0 Å². The fourth-order valence-electron chi connectivity index (χ4n) is 2.04. The van der Waals surface area contributed by atoms with Gasteiger partial charge in [-0.25, -0.2) is 4.79 Å². The number of ether oxygens (including phenoxy) is 1. The molecule has 2 aromatic carbocycles. The smallest absolute Gasteiger partial charge is 0.340 e. The van der Waals surface area contributed by atoms with Crippen LogP contribution < -0.4 is 4.74 Å². The highest BCUT2D eigenvalue weighted by atomic mass is 16.5. The standard InChI is InChI=1S/C16H11NO3/c18-16(19)15-12-8-4-5-9-13(12)17-10-14(15)20-11-6-2-1-3-7-11/h1-10H,(H,18,19). The molecule has 98 valence electrons. The summed E-state index contributed by atoms with van der Waals surface area (Å²) in [4.78, 5) is 15.8. The van der Waals surface area contributed by atoms with E-state index >= 15 is 0 Å². The van der Waals surface area contributed by atoms with Crippen molar-refractivity contribution in [3.8, 4) is 11.5 Å². The van der Waals surface area contributed by atoms with Crippen LogP contribution >= 0.6 is 0 Å². The molecule has 0 aliphatic carbocycles. The Morgan fingerprint density at radius 2 is 1.70 bits per heavy atom. The Kier molecular flexibility index (Phi) is 3.05. The third-order valence-electron chi connectivity index (χ3n) is 2.93. The van der Waals surface area contributed by atoms with Gasteiger partial charge in [0.1, 0.15) is 11.3 Å². The number of hydrogen-bond donors (Lipinski definition) is 1. The zero-order chi connectivity index (χ0) is 13.9. The average Bonchev–Trinajstić information content (AvgIpc) is 2.47. The topological polar surface area (TPSA) is 59.4 Å². The van der Waals surface area contributed by atoms with E-state index in [0.717, 1.165) is 0 Å². The summed E-state index contributed by atoms with van der Waals surface area (Å²) in [7, 11) is 0. The lowest BCUT2D eigenvalue weighted by Crippen LogP contribution is -2.02. The van der Waals surface area contributed by atoms with Crippen molar-refractivity contribution in [2.75, 3.05) is 0 Å². The van der Waals surface area contributed by atoms with Gasteiger partial charge in [-0.3, -0.25) is 4.98 Å². The molecular weight excluding hydrogens is 254 g/mol. The normalized spacial score (nSPS) is 10.4. The van der Waals surface area contributed by atoms with Crippen LogP contribution in [-0.2, 0) is 0 Å². The van der Waals surface area contributed by atoms with E-state index in [1.54, 1.807) is 30.3 Å². The monoisotopic (exact) mass is 265 g/mol. The molecule has 0 radical (unpaired) electrons. The lowest BCUT2D eigenvalue weighted by Gasteiger charge is -2.10. The Hall–Kier alpha value is -2.88. The zero-order valence-electron chi connectivity index (χ0n) is 10.5. The fraction of sp³-hybridized carbons (Fsp3) is 0. The number of fused-ring (bicyclic) bond motifs is 1. The number of carboxylic acid groups (broad SMARTS) is 1. The van der Waals surface area contributed by atoms with Crippen molar-refractivity contribution >= 4 is 16.9 Å². The van der Waals surface area contributed by atoms with Gasteiger partial charge in [-0.2, -0.15) is 0 Å². The molecule has 0 saturated heterocycles. The second-order valence-corrected chi connectivity index (χ2v) is 4.23. The number of carboxylic acids is 1. The van der Waals surface area contributed by atoms with Crippen molar-refractivity contribution < 1.29 is 14.6 Å². The Morgan fingerprint density at radius 3 is 2.45 bits per heavy atom. The Morgan fingerprint density at radius 1 is 1.00 bits per heavy atom. The number of carbonyl (C=O) groups is 1. The third kappa shape index (κ3) is 2.19. The van der Waals surface area contributed by atoms with Gasteiger partial charge in [0.15, 0.2) is 5.75 Å². The maximum Gasteiger partial charge on any atom is 0.340 e. The highest BCUT2D eigenvalue weighted by Gasteiger charge is 2.17. The van der Waals surface area contributed by atoms with Gasteiger partial charge in [-0.15, -0.1) is 0 Å². The highest BCUT2D eigenvalue weighted by Crippen LogP contribution is 2.29. The summed E-state index contributed by atoms with van der Waals surface area (Å²) in [5.41, 5.74) is 0.754. The second-order valence-electron chi connectivity index (χ2n) is 4.23. The van der Waals surface area contributed by atoms with Crippen molar-refractivity contribution in [3.05, 3.63) is 66.4 Å². The van der Waals surface area contributed by atoms with E-state index in [1.165, 1.54) is 6.20 Å². The molecule has 4 nitrogen and oxygen atoms in total. The van der Waals surface area contributed by atoms with E-state index in [0.29, 0.717) is 16.7 Å². The van der Waals surface area contributed by atoms with Crippen LogP contribution in [0.2, 0.25) is 0 Å². The molecule has 0 fully saturated rings. The molecule has 0 spiro atoms. The molecule has 1 N–H and O–H groups in total. The minimum absolute atomic E-state index is 0.124. The van der Waals surface area contributed by atoms with Crippen molar-refractivity contribution in [3.63, 3.8) is 0 Å². The lowest BCUT2D eigenvalue weighted by molar-refractivity contribution is 0.0696. The Balaban J connectivity index is 2.15. The minimum atomic E-state index is -1.03. The first-order valence-electron chi connectivity index (χ1n) is 6.09. The van der Waals surface area contributed by atoms with Crippen molar-refractivity contribution in [2.45, 2.75) is 0 Å². The fourth-order valence-corrected chi connectivity index (χ4v) is 2.04. The molecule has 3 aromatic rings. The molecule has 0 unspecified atom stereocenters. The SMILES string of the molecule is O=C(O)c1c(Oc2ccccc2)cnc2ccccc12. The van der Waals surface area contributed by atoms with Gasteiger partial charge >= 0.3 is 5.97 Å². The summed E-state index contributed by atoms with van der Waals surface area (Å²) in [5, 5.41) is 10.00. The molecule has 0 atom stereocenters. The van der Waals surface area contributed by atoms with Crippen LogP contribution in [0.5, 0.6) is 11.5 Å². The quantitative estimate of drug-likeness (QED) is 0.784. The van der Waals surface area contributed by atoms with E-state index in [9.17, 15) is 9.90 Å². The Bertz CT molecular complexity index is 769. The van der Waals surface area contributed by atoms with E-state index in [1.807, 2.05) is 24.3 Å². The van der Waals surface area contributed by atoms with Gasteiger partial charge in [0.2, 0.25) is 0 Å². The molecule has 0 aliphatic rings. The van der Waals surface area contributed by atoms with Gasteiger partial charge in [-0.05, 0) is 18.2 Å². The van der Waals surface area contributed by atoms with Gasteiger partial charge in [0, 0.05) is 5.39 Å². The van der Waals surface area contributed by atoms with Gasteiger partial charge in [0.25, 0.3) is 0 Å². The lowest BCUT2D eigenvalue weighted by atomic mass is 10.1. The van der Waals surface area contributed by atoms with E-state index in [2.05, 4.69) is 4.98 Å². The number of rotatable bonds is 3. The third-order valence-corrected chi connectivity index (χ3v) is 2.93. The first-order valence-corrected chi connectivity index (χ1v) is 6.09. The summed E-state index contributed by atoms with van der Waals surface area (Å²) in [6.45, 7) is 0. The van der Waals surface area contributed by atoms with E-state index in [-0.39, 0.29) is 11.3 Å². The largest absolute Gasteiger partial charge is 0.478 e. The van der Waals surface area contributed by atoms with Gasteiger partial charge < -0.3 is 9.84 Å². The first-order chi connectivity index (χ1) is 9.75. The molecular formula is C16H11NO3.